The van der Waals surface area contributed by atoms with Gasteiger partial charge in [-0.3, -0.25) is 0 Å². The molecule has 0 fully saturated rings. The first-order chi connectivity index (χ1) is 12.9. The minimum Gasteiger partial charge on any atom is -0.423 e. The molecule has 0 unspecified atom stereocenters. The third-order valence-electron chi connectivity index (χ3n) is 3.75. The molecule has 0 amide bonds. The van der Waals surface area contributed by atoms with Crippen LogP contribution in [0.5, 0.6) is 11.8 Å². The molecule has 0 bridgehead atoms. The molecular weight excluding hydrogens is 366 g/mol. The number of aromatic nitrogens is 4. The van der Waals surface area contributed by atoms with Crippen LogP contribution in [0.4, 0.5) is 0 Å². The quantitative estimate of drug-likeness (QED) is 0.536. The van der Waals surface area contributed by atoms with Crippen LogP contribution in [0, 0.1) is 0 Å². The average Bonchev–Trinajstić information content (AvgIpc) is 3.15. The Morgan fingerprint density at radius 3 is 2.56 bits per heavy atom. The molecule has 1 N–H and O–H groups in total. The standard InChI is InChI=1S/C19H23N5O2.ClH/c1-2-25-14-6-13-20-15-16-9-11-18(12-10-16)26-19-21-22-23-24(19)17-7-4-3-5-8-17;/h3-5,7-12,20H,2,6,13-15H2,1H3;1H. The second kappa shape index (κ2) is 11.3. The minimum absolute atomic E-state index is 0. The van der Waals surface area contributed by atoms with E-state index in [1.165, 1.54) is 5.56 Å². The smallest absolute Gasteiger partial charge is 0.345 e. The van der Waals surface area contributed by atoms with Gasteiger partial charge < -0.3 is 14.8 Å². The molecule has 144 valence electrons. The first kappa shape index (κ1) is 20.8. The normalized spacial score (nSPS) is 10.4. The molecule has 27 heavy (non-hydrogen) atoms. The summed E-state index contributed by atoms with van der Waals surface area (Å²) in [7, 11) is 0. The van der Waals surface area contributed by atoms with Gasteiger partial charge in [0.1, 0.15) is 5.75 Å². The van der Waals surface area contributed by atoms with Gasteiger partial charge >= 0.3 is 6.01 Å². The van der Waals surface area contributed by atoms with Gasteiger partial charge in [-0.25, -0.2) is 0 Å². The van der Waals surface area contributed by atoms with E-state index in [0.717, 1.165) is 38.4 Å². The van der Waals surface area contributed by atoms with Gasteiger partial charge in [0.25, 0.3) is 0 Å². The largest absolute Gasteiger partial charge is 0.423 e. The Hall–Kier alpha value is -2.48. The average molecular weight is 390 g/mol. The number of hydrogen-bond donors (Lipinski definition) is 1. The van der Waals surface area contributed by atoms with Crippen LogP contribution >= 0.6 is 12.4 Å². The van der Waals surface area contributed by atoms with Crippen LogP contribution < -0.4 is 10.1 Å². The number of benzene rings is 2. The highest BCUT2D eigenvalue weighted by molar-refractivity contribution is 5.85. The summed E-state index contributed by atoms with van der Waals surface area (Å²) >= 11 is 0. The summed E-state index contributed by atoms with van der Waals surface area (Å²) < 4.78 is 12.7. The van der Waals surface area contributed by atoms with E-state index in [1.54, 1.807) is 4.68 Å². The zero-order chi connectivity index (χ0) is 18.0. The molecule has 1 heterocycles. The lowest BCUT2D eigenvalue weighted by Gasteiger charge is -2.08. The third-order valence-corrected chi connectivity index (χ3v) is 3.75. The fourth-order valence-corrected chi connectivity index (χ4v) is 2.43. The van der Waals surface area contributed by atoms with E-state index >= 15 is 0 Å². The van der Waals surface area contributed by atoms with Gasteiger partial charge in [0, 0.05) is 19.8 Å². The van der Waals surface area contributed by atoms with Crippen molar-refractivity contribution < 1.29 is 9.47 Å². The van der Waals surface area contributed by atoms with Gasteiger partial charge in [0.2, 0.25) is 0 Å². The second-order valence-corrected chi connectivity index (χ2v) is 5.68. The van der Waals surface area contributed by atoms with E-state index in [9.17, 15) is 0 Å². The number of rotatable bonds is 10. The van der Waals surface area contributed by atoms with Crippen molar-refractivity contribution in [3.8, 4) is 17.4 Å². The molecule has 0 aliphatic rings. The lowest BCUT2D eigenvalue weighted by atomic mass is 10.2. The topological polar surface area (TPSA) is 74.1 Å². The highest BCUT2D eigenvalue weighted by atomic mass is 35.5. The van der Waals surface area contributed by atoms with Crippen molar-refractivity contribution in [1.82, 2.24) is 25.5 Å². The molecule has 0 saturated heterocycles. The molecule has 0 spiro atoms. The number of para-hydroxylation sites is 1. The van der Waals surface area contributed by atoms with Crippen molar-refractivity contribution in [2.75, 3.05) is 19.8 Å². The Balaban J connectivity index is 0.00000261. The van der Waals surface area contributed by atoms with Crippen LogP contribution in [0.3, 0.4) is 0 Å². The Bertz CT molecular complexity index is 780. The Morgan fingerprint density at radius 1 is 1.04 bits per heavy atom. The lowest BCUT2D eigenvalue weighted by Crippen LogP contribution is -2.16. The van der Waals surface area contributed by atoms with Crippen LogP contribution in [-0.2, 0) is 11.3 Å². The summed E-state index contributed by atoms with van der Waals surface area (Å²) in [5, 5.41) is 15.0. The molecule has 3 aromatic rings. The molecule has 3 rings (SSSR count). The number of ether oxygens (including phenoxy) is 2. The van der Waals surface area contributed by atoms with Gasteiger partial charge in [-0.05, 0) is 60.1 Å². The molecule has 0 aliphatic heterocycles. The number of nitrogens with zero attached hydrogens (tertiary/aromatic N) is 4. The Labute approximate surface area is 165 Å². The van der Waals surface area contributed by atoms with Crippen LogP contribution in [0.15, 0.2) is 54.6 Å². The van der Waals surface area contributed by atoms with E-state index in [1.807, 2.05) is 61.5 Å². The third kappa shape index (κ3) is 6.32. The fourth-order valence-electron chi connectivity index (χ4n) is 2.43. The SMILES string of the molecule is CCOCCCNCc1ccc(Oc2nnnn2-c2ccccc2)cc1.Cl. The first-order valence-electron chi connectivity index (χ1n) is 8.76. The van der Waals surface area contributed by atoms with Gasteiger partial charge in [0.05, 0.1) is 5.69 Å². The molecule has 0 saturated carbocycles. The van der Waals surface area contributed by atoms with Gasteiger partial charge in [-0.1, -0.05) is 35.4 Å². The van der Waals surface area contributed by atoms with E-state index in [2.05, 4.69) is 20.8 Å². The molecule has 2 aromatic carbocycles. The maximum absolute atomic E-state index is 5.82. The molecule has 0 radical (unpaired) electrons. The molecular formula is C19H24ClN5O2. The predicted octanol–water partition coefficient (Wildman–Crippen LogP) is 3.39. The predicted molar refractivity (Wildman–Crippen MR) is 106 cm³/mol. The van der Waals surface area contributed by atoms with E-state index in [-0.39, 0.29) is 12.4 Å². The number of halogens is 1. The van der Waals surface area contributed by atoms with Crippen LogP contribution in [-0.4, -0.2) is 40.0 Å². The summed E-state index contributed by atoms with van der Waals surface area (Å²) in [6, 6.07) is 17.9. The van der Waals surface area contributed by atoms with Gasteiger partial charge in [0.15, 0.2) is 0 Å². The molecule has 0 atom stereocenters. The summed E-state index contributed by atoms with van der Waals surface area (Å²) in [5.74, 6) is 0.692. The second-order valence-electron chi connectivity index (χ2n) is 5.68. The Kier molecular flexibility index (Phi) is 8.70. The minimum atomic E-state index is 0. The summed E-state index contributed by atoms with van der Waals surface area (Å²) in [6.45, 7) is 5.33. The zero-order valence-corrected chi connectivity index (χ0v) is 16.1. The van der Waals surface area contributed by atoms with E-state index in [4.69, 9.17) is 9.47 Å². The van der Waals surface area contributed by atoms with Crippen molar-refractivity contribution in [3.63, 3.8) is 0 Å². The number of hydrogen-bond acceptors (Lipinski definition) is 6. The zero-order valence-electron chi connectivity index (χ0n) is 15.2. The first-order valence-corrected chi connectivity index (χ1v) is 8.76. The van der Waals surface area contributed by atoms with Crippen LogP contribution in [0.25, 0.3) is 5.69 Å². The van der Waals surface area contributed by atoms with E-state index < -0.39 is 0 Å². The van der Waals surface area contributed by atoms with Crippen LogP contribution in [0.2, 0.25) is 0 Å². The van der Waals surface area contributed by atoms with Crippen molar-refractivity contribution in [3.05, 3.63) is 60.2 Å². The summed E-state index contributed by atoms with van der Waals surface area (Å²) in [6.07, 6.45) is 1.01. The van der Waals surface area contributed by atoms with Gasteiger partial charge in [-0.15, -0.1) is 12.4 Å². The molecule has 7 nitrogen and oxygen atoms in total. The van der Waals surface area contributed by atoms with Crippen molar-refractivity contribution in [2.24, 2.45) is 0 Å². The molecule has 8 heteroatoms. The summed E-state index contributed by atoms with van der Waals surface area (Å²) in [4.78, 5) is 0. The van der Waals surface area contributed by atoms with Crippen molar-refractivity contribution in [2.45, 2.75) is 19.9 Å². The lowest BCUT2D eigenvalue weighted by molar-refractivity contribution is 0.144. The maximum Gasteiger partial charge on any atom is 0.345 e. The fraction of sp³-hybridized carbons (Fsp3) is 0.316. The van der Waals surface area contributed by atoms with E-state index in [0.29, 0.717) is 11.8 Å². The highest BCUT2D eigenvalue weighted by Gasteiger charge is 2.10. The van der Waals surface area contributed by atoms with Crippen molar-refractivity contribution in [1.29, 1.82) is 0 Å². The highest BCUT2D eigenvalue weighted by Crippen LogP contribution is 2.21. The van der Waals surface area contributed by atoms with Crippen molar-refractivity contribution >= 4 is 12.4 Å². The molecule has 1 aromatic heterocycles. The van der Waals surface area contributed by atoms with Gasteiger partial charge in [-0.2, -0.15) is 4.68 Å². The van der Waals surface area contributed by atoms with Crippen LogP contribution in [0.1, 0.15) is 18.9 Å². The maximum atomic E-state index is 5.82. The number of tetrazole rings is 1. The molecule has 0 aliphatic carbocycles. The number of nitrogens with one attached hydrogen (secondary N) is 1. The Morgan fingerprint density at radius 2 is 1.81 bits per heavy atom. The monoisotopic (exact) mass is 389 g/mol. The summed E-state index contributed by atoms with van der Waals surface area (Å²) in [5.41, 5.74) is 2.04.